The molecule has 0 aromatic heterocycles. The van der Waals surface area contributed by atoms with Crippen LogP contribution in [0.15, 0.2) is 48.5 Å². The first-order valence-electron chi connectivity index (χ1n) is 11.0. The normalized spacial score (nSPS) is 16.8. The molecule has 2 aromatic carbocycles. The van der Waals surface area contributed by atoms with Crippen LogP contribution in [-0.2, 0) is 4.74 Å². The Morgan fingerprint density at radius 1 is 1.13 bits per heavy atom. The van der Waals surface area contributed by atoms with Gasteiger partial charge in [0.2, 0.25) is 5.78 Å². The highest BCUT2D eigenvalue weighted by atomic mass is 16.7. The Kier molecular flexibility index (Phi) is 7.29. The molecule has 2 atom stereocenters. The van der Waals surface area contributed by atoms with Crippen molar-refractivity contribution in [2.75, 3.05) is 13.1 Å². The predicted molar refractivity (Wildman–Crippen MR) is 122 cm³/mol. The van der Waals surface area contributed by atoms with Crippen LogP contribution in [0.4, 0.5) is 0 Å². The largest absolute Gasteiger partial charge is 0.456 e. The molecule has 1 aliphatic rings. The van der Waals surface area contributed by atoms with Crippen LogP contribution in [0.3, 0.4) is 0 Å². The van der Waals surface area contributed by atoms with Gasteiger partial charge < -0.3 is 9.47 Å². The number of carbonyl (C=O) groups is 2. The summed E-state index contributed by atoms with van der Waals surface area (Å²) in [5.74, 6) is -0.0896. The lowest BCUT2D eigenvalue weighted by molar-refractivity contribution is -0.141. The number of carbonyl (C=O) groups excluding carboxylic acids is 2. The second-order valence-electron chi connectivity index (χ2n) is 9.31. The lowest BCUT2D eigenvalue weighted by atomic mass is 9.95. The molecule has 31 heavy (non-hydrogen) atoms. The van der Waals surface area contributed by atoms with Crippen LogP contribution >= 0.6 is 0 Å². The number of Topliss-reactive ketones (excluding diaryl/α,β-unsaturated/α-hetero) is 1. The molecule has 5 heteroatoms. The first kappa shape index (κ1) is 23.2. The van der Waals surface area contributed by atoms with Crippen molar-refractivity contribution in [1.82, 2.24) is 4.90 Å². The van der Waals surface area contributed by atoms with E-state index in [1.54, 1.807) is 30.3 Å². The Balaban J connectivity index is 1.79. The maximum atomic E-state index is 13.2. The number of hydrogen-bond acceptors (Lipinski definition) is 5. The third-order valence-electron chi connectivity index (χ3n) is 5.31. The second-order valence-corrected chi connectivity index (χ2v) is 9.31. The molecule has 0 N–H and O–H groups in total. The van der Waals surface area contributed by atoms with Crippen molar-refractivity contribution in [1.29, 1.82) is 0 Å². The minimum atomic E-state index is -1.04. The van der Waals surface area contributed by atoms with E-state index in [4.69, 9.17) is 9.47 Å². The van der Waals surface area contributed by atoms with Gasteiger partial charge in [0.1, 0.15) is 12.0 Å². The Morgan fingerprint density at radius 3 is 2.48 bits per heavy atom. The molecule has 5 nitrogen and oxygen atoms in total. The third kappa shape index (κ3) is 5.60. The first-order chi connectivity index (χ1) is 14.7. The fraction of sp³-hybridized carbons (Fsp3) is 0.462. The van der Waals surface area contributed by atoms with Crippen LogP contribution in [0, 0.1) is 5.41 Å². The lowest BCUT2D eigenvalue weighted by Crippen LogP contribution is -2.44. The van der Waals surface area contributed by atoms with Gasteiger partial charge in [-0.2, -0.15) is 0 Å². The highest BCUT2D eigenvalue weighted by Crippen LogP contribution is 2.34. The highest BCUT2D eigenvalue weighted by molar-refractivity contribution is 6.18. The van der Waals surface area contributed by atoms with E-state index in [-0.39, 0.29) is 23.2 Å². The van der Waals surface area contributed by atoms with E-state index in [0.717, 1.165) is 25.9 Å². The minimum Gasteiger partial charge on any atom is -0.456 e. The molecule has 0 fully saturated rings. The molecule has 0 saturated heterocycles. The first-order valence-corrected chi connectivity index (χ1v) is 11.0. The van der Waals surface area contributed by atoms with E-state index in [1.165, 1.54) is 0 Å². The standard InChI is InChI=1S/C26H33NO4/c1-6-7-16-27(17-26(3,4)5)18(2)30-25-24(29)22-20(14-11-15-21(22)31-25)23(28)19-12-9-8-10-13-19/h8-15,18,25H,6-7,16-17H2,1-5H3. The van der Waals surface area contributed by atoms with Gasteiger partial charge in [0.05, 0.1) is 5.56 Å². The summed E-state index contributed by atoms with van der Waals surface area (Å²) < 4.78 is 11.9. The molecule has 3 rings (SSSR count). The minimum absolute atomic E-state index is 0.101. The van der Waals surface area contributed by atoms with Gasteiger partial charge in [-0.15, -0.1) is 0 Å². The fourth-order valence-electron chi connectivity index (χ4n) is 3.82. The molecule has 2 aromatic rings. The summed E-state index contributed by atoms with van der Waals surface area (Å²) in [5, 5.41) is 0. The topological polar surface area (TPSA) is 55.8 Å². The zero-order chi connectivity index (χ0) is 22.6. The summed E-state index contributed by atoms with van der Waals surface area (Å²) in [7, 11) is 0. The number of fused-ring (bicyclic) bond motifs is 1. The van der Waals surface area contributed by atoms with Crippen LogP contribution < -0.4 is 4.74 Å². The molecule has 0 amide bonds. The summed E-state index contributed by atoms with van der Waals surface area (Å²) >= 11 is 0. The maximum absolute atomic E-state index is 13.2. The van der Waals surface area contributed by atoms with Crippen molar-refractivity contribution >= 4 is 11.6 Å². The van der Waals surface area contributed by atoms with Crippen LogP contribution in [-0.4, -0.2) is 42.1 Å². The third-order valence-corrected chi connectivity index (χ3v) is 5.31. The molecule has 0 saturated carbocycles. The molecular formula is C26H33NO4. The monoisotopic (exact) mass is 423 g/mol. The van der Waals surface area contributed by atoms with Crippen LogP contribution in [0.1, 0.15) is 73.7 Å². The molecule has 0 spiro atoms. The van der Waals surface area contributed by atoms with Gasteiger partial charge in [-0.1, -0.05) is 76.6 Å². The number of nitrogens with zero attached hydrogens (tertiary/aromatic N) is 1. The van der Waals surface area contributed by atoms with Crippen LogP contribution in [0.2, 0.25) is 0 Å². The van der Waals surface area contributed by atoms with E-state index < -0.39 is 6.29 Å². The quantitative estimate of drug-likeness (QED) is 0.403. The van der Waals surface area contributed by atoms with Crippen molar-refractivity contribution in [2.24, 2.45) is 5.41 Å². The highest BCUT2D eigenvalue weighted by Gasteiger charge is 2.38. The number of hydrogen-bond donors (Lipinski definition) is 0. The molecule has 166 valence electrons. The Hall–Kier alpha value is -2.50. The number of rotatable bonds is 9. The second kappa shape index (κ2) is 9.75. The Morgan fingerprint density at radius 2 is 1.84 bits per heavy atom. The van der Waals surface area contributed by atoms with Gasteiger partial charge in [-0.3, -0.25) is 14.5 Å². The van der Waals surface area contributed by atoms with Crippen LogP contribution in [0.25, 0.3) is 0 Å². The van der Waals surface area contributed by atoms with Crippen LogP contribution in [0.5, 0.6) is 5.75 Å². The predicted octanol–water partition coefficient (Wildman–Crippen LogP) is 5.33. The van der Waals surface area contributed by atoms with Gasteiger partial charge in [-0.25, -0.2) is 0 Å². The zero-order valence-electron chi connectivity index (χ0n) is 19.2. The molecule has 1 aliphatic heterocycles. The number of ketones is 2. The summed E-state index contributed by atoms with van der Waals surface area (Å²) in [4.78, 5) is 28.4. The van der Waals surface area contributed by atoms with E-state index in [2.05, 4.69) is 32.6 Å². The van der Waals surface area contributed by atoms with E-state index in [1.807, 2.05) is 25.1 Å². The summed E-state index contributed by atoms with van der Waals surface area (Å²) in [6.45, 7) is 12.4. The fourth-order valence-corrected chi connectivity index (χ4v) is 3.82. The van der Waals surface area contributed by atoms with Crippen molar-refractivity contribution in [3.63, 3.8) is 0 Å². The molecular weight excluding hydrogens is 390 g/mol. The molecule has 2 unspecified atom stereocenters. The summed E-state index contributed by atoms with van der Waals surface area (Å²) in [6.07, 6.45) is 0.808. The Labute approximate surface area is 185 Å². The average molecular weight is 424 g/mol. The van der Waals surface area contributed by atoms with E-state index in [0.29, 0.717) is 22.4 Å². The maximum Gasteiger partial charge on any atom is 0.266 e. The Bertz CT molecular complexity index is 917. The SMILES string of the molecule is CCCCN(CC(C)(C)C)C(C)OC1Oc2cccc(C(=O)c3ccccc3)c2C1=O. The van der Waals surface area contributed by atoms with Gasteiger partial charge in [-0.05, 0) is 24.8 Å². The van der Waals surface area contributed by atoms with Crippen molar-refractivity contribution in [3.8, 4) is 5.75 Å². The summed E-state index contributed by atoms with van der Waals surface area (Å²) in [6, 6.07) is 14.1. The molecule has 0 bridgehead atoms. The van der Waals surface area contributed by atoms with E-state index >= 15 is 0 Å². The van der Waals surface area contributed by atoms with Gasteiger partial charge in [0.15, 0.2) is 5.78 Å². The zero-order valence-corrected chi connectivity index (χ0v) is 19.2. The molecule has 0 aliphatic carbocycles. The number of ether oxygens (including phenoxy) is 2. The van der Waals surface area contributed by atoms with Gasteiger partial charge >= 0.3 is 0 Å². The van der Waals surface area contributed by atoms with Crippen molar-refractivity contribution < 1.29 is 19.1 Å². The van der Waals surface area contributed by atoms with E-state index in [9.17, 15) is 9.59 Å². The summed E-state index contributed by atoms with van der Waals surface area (Å²) in [5.41, 5.74) is 1.30. The lowest BCUT2D eigenvalue weighted by Gasteiger charge is -2.35. The smallest absolute Gasteiger partial charge is 0.266 e. The molecule has 0 radical (unpaired) electrons. The molecule has 1 heterocycles. The number of benzene rings is 2. The van der Waals surface area contributed by atoms with Crippen molar-refractivity contribution in [2.45, 2.75) is 60.0 Å². The number of unbranched alkanes of at least 4 members (excludes halogenated alkanes) is 1. The van der Waals surface area contributed by atoms with Gasteiger partial charge in [0.25, 0.3) is 6.29 Å². The van der Waals surface area contributed by atoms with Gasteiger partial charge in [0, 0.05) is 24.2 Å². The van der Waals surface area contributed by atoms with Crippen molar-refractivity contribution in [3.05, 3.63) is 65.2 Å². The average Bonchev–Trinajstić information content (AvgIpc) is 3.05.